The van der Waals surface area contributed by atoms with Gasteiger partial charge in [-0.3, -0.25) is 4.79 Å². The Kier molecular flexibility index (Phi) is 5.34. The first kappa shape index (κ1) is 15.4. The van der Waals surface area contributed by atoms with E-state index in [1.54, 1.807) is 12.1 Å². The van der Waals surface area contributed by atoms with Crippen molar-refractivity contribution in [2.75, 3.05) is 0 Å². The van der Waals surface area contributed by atoms with Crippen LogP contribution in [0.15, 0.2) is 12.1 Å². The van der Waals surface area contributed by atoms with Crippen LogP contribution >= 0.6 is 45.8 Å². The van der Waals surface area contributed by atoms with Crippen LogP contribution in [0.25, 0.3) is 0 Å². The van der Waals surface area contributed by atoms with Crippen LogP contribution in [0.1, 0.15) is 36.0 Å². The van der Waals surface area contributed by atoms with Crippen LogP contribution in [-0.2, 0) is 0 Å². The Balaban J connectivity index is 2.15. The second-order valence-electron chi connectivity index (χ2n) is 4.68. The molecule has 19 heavy (non-hydrogen) atoms. The lowest BCUT2D eigenvalue weighted by Gasteiger charge is -2.28. The van der Waals surface area contributed by atoms with E-state index in [-0.39, 0.29) is 11.9 Å². The molecule has 1 saturated carbocycles. The highest BCUT2D eigenvalue weighted by molar-refractivity contribution is 14.1. The van der Waals surface area contributed by atoms with Crippen molar-refractivity contribution in [1.29, 1.82) is 0 Å². The zero-order valence-corrected chi connectivity index (χ0v) is 13.8. The Bertz CT molecular complexity index is 496. The molecule has 2 rings (SSSR count). The number of aliphatic hydroxyl groups is 1. The van der Waals surface area contributed by atoms with E-state index >= 15 is 0 Å². The van der Waals surface area contributed by atoms with Gasteiger partial charge in [0.1, 0.15) is 0 Å². The molecule has 0 saturated heterocycles. The van der Waals surface area contributed by atoms with E-state index in [0.29, 0.717) is 19.2 Å². The maximum Gasteiger partial charge on any atom is 0.252 e. The van der Waals surface area contributed by atoms with Gasteiger partial charge in [0.2, 0.25) is 0 Å². The SMILES string of the molecule is O=C(NC1CCCCC1O)c1cc(Cl)cc(Cl)c1I. The number of benzene rings is 1. The van der Waals surface area contributed by atoms with E-state index in [4.69, 9.17) is 23.2 Å². The smallest absolute Gasteiger partial charge is 0.252 e. The quantitative estimate of drug-likeness (QED) is 0.574. The number of hydrogen-bond donors (Lipinski definition) is 2. The van der Waals surface area contributed by atoms with Crippen LogP contribution in [0.5, 0.6) is 0 Å². The average molecular weight is 414 g/mol. The second kappa shape index (κ2) is 6.61. The van der Waals surface area contributed by atoms with Crippen LogP contribution < -0.4 is 5.32 Å². The van der Waals surface area contributed by atoms with Gasteiger partial charge in [0.05, 0.1) is 22.7 Å². The normalized spacial score (nSPS) is 23.2. The van der Waals surface area contributed by atoms with Crippen molar-refractivity contribution in [1.82, 2.24) is 5.32 Å². The number of halogens is 3. The molecular formula is C13H14Cl2INO2. The number of hydrogen-bond acceptors (Lipinski definition) is 2. The molecule has 0 heterocycles. The van der Waals surface area contributed by atoms with Crippen LogP contribution in [-0.4, -0.2) is 23.2 Å². The number of aliphatic hydroxyl groups excluding tert-OH is 1. The number of carbonyl (C=O) groups excluding carboxylic acids is 1. The van der Waals surface area contributed by atoms with Gasteiger partial charge in [0.15, 0.2) is 0 Å². The molecule has 1 amide bonds. The summed E-state index contributed by atoms with van der Waals surface area (Å²) < 4.78 is 0.673. The first-order chi connectivity index (χ1) is 8.99. The highest BCUT2D eigenvalue weighted by Crippen LogP contribution is 2.27. The molecule has 2 N–H and O–H groups in total. The van der Waals surface area contributed by atoms with E-state index in [1.165, 1.54) is 0 Å². The van der Waals surface area contributed by atoms with Gasteiger partial charge in [-0.1, -0.05) is 36.0 Å². The van der Waals surface area contributed by atoms with Gasteiger partial charge in [0.25, 0.3) is 5.91 Å². The topological polar surface area (TPSA) is 49.3 Å². The van der Waals surface area contributed by atoms with E-state index in [9.17, 15) is 9.90 Å². The van der Waals surface area contributed by atoms with Crippen molar-refractivity contribution >= 4 is 51.7 Å². The summed E-state index contributed by atoms with van der Waals surface area (Å²) in [6, 6.07) is 3.02. The van der Waals surface area contributed by atoms with Gasteiger partial charge in [0, 0.05) is 8.59 Å². The number of rotatable bonds is 2. The zero-order chi connectivity index (χ0) is 14.0. The van der Waals surface area contributed by atoms with E-state index < -0.39 is 6.10 Å². The van der Waals surface area contributed by atoms with Crippen molar-refractivity contribution < 1.29 is 9.90 Å². The lowest BCUT2D eigenvalue weighted by molar-refractivity contribution is 0.0716. The largest absolute Gasteiger partial charge is 0.391 e. The summed E-state index contributed by atoms with van der Waals surface area (Å²) in [5.74, 6) is -0.236. The van der Waals surface area contributed by atoms with Gasteiger partial charge in [-0.05, 0) is 47.6 Å². The number of amides is 1. The summed E-state index contributed by atoms with van der Waals surface area (Å²) in [6.07, 6.45) is 3.10. The summed E-state index contributed by atoms with van der Waals surface area (Å²) in [5.41, 5.74) is 0.455. The molecule has 0 spiro atoms. The van der Waals surface area contributed by atoms with E-state index in [0.717, 1.165) is 25.7 Å². The number of nitrogens with one attached hydrogen (secondary N) is 1. The average Bonchev–Trinajstić information content (AvgIpc) is 2.36. The molecule has 2 unspecified atom stereocenters. The Morgan fingerprint density at radius 3 is 2.68 bits per heavy atom. The molecule has 2 atom stereocenters. The minimum atomic E-state index is -0.468. The van der Waals surface area contributed by atoms with Crippen molar-refractivity contribution in [3.8, 4) is 0 Å². The summed E-state index contributed by atoms with van der Waals surface area (Å²) >= 11 is 14.0. The Labute approximate surface area is 135 Å². The Morgan fingerprint density at radius 1 is 1.32 bits per heavy atom. The molecule has 1 aliphatic rings. The van der Waals surface area contributed by atoms with Crippen molar-refractivity contribution in [3.63, 3.8) is 0 Å². The Morgan fingerprint density at radius 2 is 2.00 bits per heavy atom. The molecule has 1 aliphatic carbocycles. The fourth-order valence-corrected chi connectivity index (χ4v) is 3.30. The maximum atomic E-state index is 12.2. The predicted molar refractivity (Wildman–Crippen MR) is 84.9 cm³/mol. The molecule has 1 aromatic carbocycles. The molecule has 6 heteroatoms. The highest BCUT2D eigenvalue weighted by Gasteiger charge is 2.25. The van der Waals surface area contributed by atoms with Gasteiger partial charge in [-0.25, -0.2) is 0 Å². The molecule has 0 aromatic heterocycles. The highest BCUT2D eigenvalue weighted by atomic mass is 127. The molecule has 0 radical (unpaired) electrons. The van der Waals surface area contributed by atoms with Crippen LogP contribution in [0.4, 0.5) is 0 Å². The zero-order valence-electron chi connectivity index (χ0n) is 10.1. The monoisotopic (exact) mass is 413 g/mol. The molecule has 3 nitrogen and oxygen atoms in total. The third kappa shape index (κ3) is 3.74. The van der Waals surface area contributed by atoms with E-state index in [2.05, 4.69) is 5.32 Å². The standard InChI is InChI=1S/C13H14Cl2INO2/c14-7-5-8(12(16)9(15)6-7)13(19)17-10-3-1-2-4-11(10)18/h5-6,10-11,18H,1-4H2,(H,17,19). The van der Waals surface area contributed by atoms with Gasteiger partial charge in [-0.2, -0.15) is 0 Å². The molecular weight excluding hydrogens is 400 g/mol. The predicted octanol–water partition coefficient (Wildman–Crippen LogP) is 3.63. The molecule has 0 bridgehead atoms. The van der Waals surface area contributed by atoms with Crippen molar-refractivity contribution in [3.05, 3.63) is 31.3 Å². The van der Waals surface area contributed by atoms with Crippen molar-refractivity contribution in [2.24, 2.45) is 0 Å². The minimum Gasteiger partial charge on any atom is -0.391 e. The third-order valence-electron chi connectivity index (χ3n) is 3.28. The third-order valence-corrected chi connectivity index (χ3v) is 5.28. The fourth-order valence-electron chi connectivity index (χ4n) is 2.25. The summed E-state index contributed by atoms with van der Waals surface area (Å²) in [5, 5.41) is 13.6. The van der Waals surface area contributed by atoms with Crippen LogP contribution in [0.2, 0.25) is 10.0 Å². The first-order valence-electron chi connectivity index (χ1n) is 6.12. The lowest BCUT2D eigenvalue weighted by Crippen LogP contribution is -2.45. The second-order valence-corrected chi connectivity index (χ2v) is 6.60. The summed E-state index contributed by atoms with van der Waals surface area (Å²) in [6.45, 7) is 0. The van der Waals surface area contributed by atoms with Crippen LogP contribution in [0.3, 0.4) is 0 Å². The maximum absolute atomic E-state index is 12.2. The molecule has 1 fully saturated rings. The minimum absolute atomic E-state index is 0.185. The molecule has 104 valence electrons. The summed E-state index contributed by atoms with van der Waals surface area (Å²) in [7, 11) is 0. The van der Waals surface area contributed by atoms with Gasteiger partial charge < -0.3 is 10.4 Å². The molecule has 0 aliphatic heterocycles. The van der Waals surface area contributed by atoms with Crippen molar-refractivity contribution in [2.45, 2.75) is 37.8 Å². The number of carbonyl (C=O) groups is 1. The summed E-state index contributed by atoms with van der Waals surface area (Å²) in [4.78, 5) is 12.2. The lowest BCUT2D eigenvalue weighted by atomic mass is 9.92. The van der Waals surface area contributed by atoms with E-state index in [1.807, 2.05) is 22.6 Å². The van der Waals surface area contributed by atoms with Gasteiger partial charge in [-0.15, -0.1) is 0 Å². The molecule has 1 aromatic rings. The fraction of sp³-hybridized carbons (Fsp3) is 0.462. The Hall–Kier alpha value is -0.0400. The van der Waals surface area contributed by atoms with Crippen LogP contribution in [0, 0.1) is 3.57 Å². The van der Waals surface area contributed by atoms with Gasteiger partial charge >= 0.3 is 0 Å². The first-order valence-corrected chi connectivity index (χ1v) is 7.96.